The predicted octanol–water partition coefficient (Wildman–Crippen LogP) is 2.27. The topological polar surface area (TPSA) is 93.1 Å². The maximum atomic E-state index is 11.8. The summed E-state index contributed by atoms with van der Waals surface area (Å²) >= 11 is 0. The lowest BCUT2D eigenvalue weighted by atomic mass is 9.75. The number of carbonyl (C=O) groups is 1. The lowest BCUT2D eigenvalue weighted by molar-refractivity contribution is -0.153. The molecular formula is C13H23O6P. The van der Waals surface area contributed by atoms with Crippen LogP contribution in [-0.2, 0) is 18.6 Å². The normalized spacial score (nSPS) is 30.9. The number of phosphoric acid groups is 1. The van der Waals surface area contributed by atoms with Gasteiger partial charge in [-0.05, 0) is 30.6 Å². The Morgan fingerprint density at radius 1 is 1.25 bits per heavy atom. The molecule has 0 aliphatic heterocycles. The zero-order valence-corrected chi connectivity index (χ0v) is 13.0. The van der Waals surface area contributed by atoms with Crippen molar-refractivity contribution in [3.05, 3.63) is 12.2 Å². The second kappa shape index (κ2) is 6.85. The summed E-state index contributed by atoms with van der Waals surface area (Å²) in [5.41, 5.74) is -0.0913. The van der Waals surface area contributed by atoms with Crippen LogP contribution in [0.1, 0.15) is 33.6 Å². The van der Waals surface area contributed by atoms with Gasteiger partial charge in [0.2, 0.25) is 0 Å². The fourth-order valence-electron chi connectivity index (χ4n) is 2.85. The van der Waals surface area contributed by atoms with Gasteiger partial charge in [0.25, 0.3) is 0 Å². The molecule has 2 atom stereocenters. The van der Waals surface area contributed by atoms with E-state index in [1.807, 2.05) is 13.8 Å². The molecule has 0 bridgehead atoms. The lowest BCUT2D eigenvalue weighted by Crippen LogP contribution is -2.37. The standard InChI is InChI=1S/C13H23O6P/c1-8-5-9(2)12(10(3)6-8)19-13(14)11(4)7-18-20(15,16)17/h8-10,12H,4-7H2,1-3H3,(H2,15,16,17). The van der Waals surface area contributed by atoms with Crippen LogP contribution in [0.2, 0.25) is 0 Å². The molecule has 116 valence electrons. The first-order chi connectivity index (χ1) is 9.10. The number of rotatable bonds is 5. The van der Waals surface area contributed by atoms with Crippen molar-refractivity contribution >= 4 is 13.8 Å². The van der Waals surface area contributed by atoms with Gasteiger partial charge in [-0.3, -0.25) is 4.52 Å². The third-order valence-corrected chi connectivity index (χ3v) is 4.07. The minimum absolute atomic E-state index is 0.0913. The number of carbonyl (C=O) groups excluding carboxylic acids is 1. The lowest BCUT2D eigenvalue weighted by Gasteiger charge is -2.37. The van der Waals surface area contributed by atoms with Crippen molar-refractivity contribution in [2.45, 2.75) is 39.7 Å². The van der Waals surface area contributed by atoms with Crippen molar-refractivity contribution in [1.82, 2.24) is 0 Å². The van der Waals surface area contributed by atoms with Crippen LogP contribution in [-0.4, -0.2) is 28.5 Å². The highest BCUT2D eigenvalue weighted by atomic mass is 31.2. The monoisotopic (exact) mass is 306 g/mol. The summed E-state index contributed by atoms with van der Waals surface area (Å²) in [6.45, 7) is 9.17. The van der Waals surface area contributed by atoms with E-state index in [4.69, 9.17) is 14.5 Å². The summed E-state index contributed by atoms with van der Waals surface area (Å²) in [7, 11) is -4.60. The number of ether oxygens (including phenoxy) is 1. The zero-order valence-electron chi connectivity index (χ0n) is 12.1. The third-order valence-electron chi connectivity index (χ3n) is 3.61. The Bertz CT molecular complexity index is 403. The Balaban J connectivity index is 2.52. The molecular weight excluding hydrogens is 283 g/mol. The maximum absolute atomic E-state index is 11.8. The van der Waals surface area contributed by atoms with Crippen molar-refractivity contribution in [1.29, 1.82) is 0 Å². The third kappa shape index (κ3) is 5.37. The van der Waals surface area contributed by atoms with Crippen molar-refractivity contribution in [2.24, 2.45) is 17.8 Å². The highest BCUT2D eigenvalue weighted by molar-refractivity contribution is 7.46. The molecule has 0 amide bonds. The van der Waals surface area contributed by atoms with E-state index in [0.29, 0.717) is 5.92 Å². The Hall–Kier alpha value is -0.680. The maximum Gasteiger partial charge on any atom is 0.469 e. The molecule has 0 saturated heterocycles. The first kappa shape index (κ1) is 17.4. The van der Waals surface area contributed by atoms with Crippen molar-refractivity contribution in [3.8, 4) is 0 Å². The van der Waals surface area contributed by atoms with E-state index in [0.717, 1.165) is 12.8 Å². The average molecular weight is 306 g/mol. The predicted molar refractivity (Wildman–Crippen MR) is 73.7 cm³/mol. The fourth-order valence-corrected chi connectivity index (χ4v) is 3.18. The van der Waals surface area contributed by atoms with Gasteiger partial charge in [0.1, 0.15) is 6.10 Å². The average Bonchev–Trinajstić information content (AvgIpc) is 2.29. The molecule has 0 radical (unpaired) electrons. The zero-order chi connectivity index (χ0) is 15.5. The van der Waals surface area contributed by atoms with Crippen LogP contribution >= 0.6 is 7.82 Å². The van der Waals surface area contributed by atoms with Crippen LogP contribution in [0.5, 0.6) is 0 Å². The van der Waals surface area contributed by atoms with Gasteiger partial charge in [-0.15, -0.1) is 0 Å². The van der Waals surface area contributed by atoms with Crippen LogP contribution in [0.25, 0.3) is 0 Å². The molecule has 1 aliphatic carbocycles. The Kier molecular flexibility index (Phi) is 5.95. The largest absolute Gasteiger partial charge is 0.469 e. The van der Waals surface area contributed by atoms with Gasteiger partial charge in [-0.25, -0.2) is 9.36 Å². The molecule has 0 heterocycles. The molecule has 1 saturated carbocycles. The Labute approximate surface area is 119 Å². The van der Waals surface area contributed by atoms with E-state index in [9.17, 15) is 9.36 Å². The van der Waals surface area contributed by atoms with E-state index in [1.54, 1.807) is 0 Å². The van der Waals surface area contributed by atoms with Gasteiger partial charge in [-0.2, -0.15) is 0 Å². The summed E-state index contributed by atoms with van der Waals surface area (Å²) in [5, 5.41) is 0. The van der Waals surface area contributed by atoms with E-state index in [1.165, 1.54) is 0 Å². The van der Waals surface area contributed by atoms with Crippen LogP contribution < -0.4 is 0 Å². The molecule has 1 rings (SSSR count). The molecule has 2 N–H and O–H groups in total. The highest BCUT2D eigenvalue weighted by Crippen LogP contribution is 2.37. The van der Waals surface area contributed by atoms with Crippen LogP contribution in [0.4, 0.5) is 0 Å². The van der Waals surface area contributed by atoms with E-state index in [-0.39, 0.29) is 23.5 Å². The van der Waals surface area contributed by atoms with Gasteiger partial charge in [0.05, 0.1) is 12.2 Å². The quantitative estimate of drug-likeness (QED) is 0.460. The molecule has 7 heteroatoms. The van der Waals surface area contributed by atoms with E-state index < -0.39 is 20.4 Å². The van der Waals surface area contributed by atoms with E-state index >= 15 is 0 Å². The second-order valence-corrected chi connectivity index (χ2v) is 7.01. The Morgan fingerprint density at radius 3 is 2.20 bits per heavy atom. The van der Waals surface area contributed by atoms with Crippen LogP contribution in [0, 0.1) is 17.8 Å². The number of phosphoric ester groups is 1. The fraction of sp³-hybridized carbons (Fsp3) is 0.769. The first-order valence-corrected chi connectivity index (χ1v) is 8.22. The first-order valence-electron chi connectivity index (χ1n) is 6.69. The smallest absolute Gasteiger partial charge is 0.458 e. The Morgan fingerprint density at radius 2 is 1.75 bits per heavy atom. The van der Waals surface area contributed by atoms with Crippen LogP contribution in [0.3, 0.4) is 0 Å². The number of hydrogen-bond donors (Lipinski definition) is 2. The second-order valence-electron chi connectivity index (χ2n) is 5.77. The summed E-state index contributed by atoms with van der Waals surface area (Å²) < 4.78 is 20.2. The summed E-state index contributed by atoms with van der Waals surface area (Å²) in [5.74, 6) is 0.467. The summed E-state index contributed by atoms with van der Waals surface area (Å²) in [6.07, 6.45) is 1.80. The van der Waals surface area contributed by atoms with Gasteiger partial charge in [0, 0.05) is 0 Å². The molecule has 20 heavy (non-hydrogen) atoms. The minimum atomic E-state index is -4.60. The molecule has 6 nitrogen and oxygen atoms in total. The molecule has 0 aromatic rings. The van der Waals surface area contributed by atoms with Gasteiger partial charge in [0.15, 0.2) is 0 Å². The molecule has 0 spiro atoms. The SMILES string of the molecule is C=C(COP(=O)(O)O)C(=O)OC1C(C)CC(C)CC1C. The molecule has 1 aliphatic rings. The van der Waals surface area contributed by atoms with Crippen LogP contribution in [0.15, 0.2) is 12.2 Å². The highest BCUT2D eigenvalue weighted by Gasteiger charge is 2.34. The molecule has 1 fully saturated rings. The number of esters is 1. The van der Waals surface area contributed by atoms with Gasteiger partial charge >= 0.3 is 13.8 Å². The van der Waals surface area contributed by atoms with Crippen molar-refractivity contribution in [2.75, 3.05) is 6.61 Å². The molecule has 0 aromatic heterocycles. The van der Waals surface area contributed by atoms with Crippen molar-refractivity contribution < 1.29 is 28.4 Å². The van der Waals surface area contributed by atoms with E-state index in [2.05, 4.69) is 18.0 Å². The molecule has 0 aromatic carbocycles. The summed E-state index contributed by atoms with van der Waals surface area (Å²) in [4.78, 5) is 29.0. The van der Waals surface area contributed by atoms with Gasteiger partial charge in [-0.1, -0.05) is 27.4 Å². The minimum Gasteiger partial charge on any atom is -0.458 e. The molecule has 2 unspecified atom stereocenters. The van der Waals surface area contributed by atoms with Crippen molar-refractivity contribution in [3.63, 3.8) is 0 Å². The number of hydrogen-bond acceptors (Lipinski definition) is 4. The summed E-state index contributed by atoms with van der Waals surface area (Å²) in [6, 6.07) is 0. The van der Waals surface area contributed by atoms with Gasteiger partial charge < -0.3 is 14.5 Å².